The van der Waals surface area contributed by atoms with E-state index in [1.807, 2.05) is 12.1 Å². The molecule has 0 bridgehead atoms. The largest absolute Gasteiger partial charge is 0.368 e. The molecule has 0 unspecified atom stereocenters. The number of anilines is 1. The van der Waals surface area contributed by atoms with E-state index in [1.165, 1.54) is 21.7 Å². The van der Waals surface area contributed by atoms with Crippen LogP contribution >= 0.6 is 28.7 Å². The summed E-state index contributed by atoms with van der Waals surface area (Å²) >= 11 is 1.72. The smallest absolute Gasteiger partial charge is 0.0635 e. The molecule has 0 aliphatic carbocycles. The molecule has 0 aromatic heterocycles. The van der Waals surface area contributed by atoms with Gasteiger partial charge in [-0.3, -0.25) is 0 Å². The fourth-order valence-corrected chi connectivity index (χ4v) is 3.68. The molecule has 118 valence electrons. The third-order valence-corrected chi connectivity index (χ3v) is 5.01. The van der Waals surface area contributed by atoms with Gasteiger partial charge in [0.15, 0.2) is 0 Å². The molecular formula is C18H23BrN2S. The standard InChI is InChI=1S/C18H22N2S.BrH/c1-14-7-8-17(15(2)13-14)21-18-6-4-3-5-16(18)20-11-9-19-10-12-20;/h3-8,13,19H,9-12H2,1-2H3;1H/i6D;. The average Bonchev–Trinajstić information content (AvgIpc) is 2.52. The Morgan fingerprint density at radius 1 is 1.09 bits per heavy atom. The lowest BCUT2D eigenvalue weighted by atomic mass is 10.2. The zero-order valence-electron chi connectivity index (χ0n) is 14.1. The minimum absolute atomic E-state index is 0. The molecule has 1 saturated heterocycles. The van der Waals surface area contributed by atoms with Crippen molar-refractivity contribution in [3.63, 3.8) is 0 Å². The van der Waals surface area contributed by atoms with E-state index < -0.39 is 0 Å². The number of halogens is 1. The van der Waals surface area contributed by atoms with Crippen LogP contribution in [-0.4, -0.2) is 26.2 Å². The van der Waals surface area contributed by atoms with Crippen LogP contribution < -0.4 is 10.2 Å². The molecule has 1 fully saturated rings. The van der Waals surface area contributed by atoms with Crippen molar-refractivity contribution in [2.75, 3.05) is 31.1 Å². The van der Waals surface area contributed by atoms with Crippen LogP contribution in [0.4, 0.5) is 5.69 Å². The van der Waals surface area contributed by atoms with Gasteiger partial charge in [-0.1, -0.05) is 41.6 Å². The van der Waals surface area contributed by atoms with Gasteiger partial charge in [0.1, 0.15) is 0 Å². The Kier molecular flexibility index (Phi) is 5.82. The zero-order chi connectivity index (χ0) is 15.5. The van der Waals surface area contributed by atoms with E-state index in [-0.39, 0.29) is 17.0 Å². The van der Waals surface area contributed by atoms with Crippen molar-refractivity contribution < 1.29 is 1.37 Å². The molecule has 22 heavy (non-hydrogen) atoms. The van der Waals surface area contributed by atoms with Gasteiger partial charge < -0.3 is 10.2 Å². The van der Waals surface area contributed by atoms with Crippen molar-refractivity contribution in [2.45, 2.75) is 23.6 Å². The summed E-state index contributed by atoms with van der Waals surface area (Å²) in [5, 5.41) is 3.39. The van der Waals surface area contributed by atoms with Gasteiger partial charge in [-0.05, 0) is 37.6 Å². The predicted octanol–water partition coefficient (Wildman–Crippen LogP) is 4.44. The van der Waals surface area contributed by atoms with Gasteiger partial charge in [-0.15, -0.1) is 17.0 Å². The molecule has 4 heteroatoms. The van der Waals surface area contributed by atoms with Gasteiger partial charge in [0.05, 0.1) is 7.06 Å². The van der Waals surface area contributed by atoms with Crippen molar-refractivity contribution in [2.24, 2.45) is 0 Å². The highest BCUT2D eigenvalue weighted by Crippen LogP contribution is 2.37. The van der Waals surface area contributed by atoms with Crippen molar-refractivity contribution in [1.82, 2.24) is 5.32 Å². The van der Waals surface area contributed by atoms with Crippen LogP contribution in [-0.2, 0) is 0 Å². The average molecular weight is 380 g/mol. The molecule has 1 aliphatic heterocycles. The van der Waals surface area contributed by atoms with E-state index in [2.05, 4.69) is 48.3 Å². The van der Waals surface area contributed by atoms with E-state index in [9.17, 15) is 0 Å². The van der Waals surface area contributed by atoms with E-state index in [0.29, 0.717) is 6.04 Å². The van der Waals surface area contributed by atoms with Crippen molar-refractivity contribution in [3.8, 4) is 0 Å². The minimum atomic E-state index is 0. The van der Waals surface area contributed by atoms with E-state index >= 15 is 0 Å². The SMILES string of the molecule is Br.[2H]c1cccc(N2CCNCC2)c1Sc1ccc(C)cc1C. The Hall–Kier alpha value is -0.970. The van der Waals surface area contributed by atoms with Crippen LogP contribution in [0.1, 0.15) is 12.5 Å². The highest BCUT2D eigenvalue weighted by Gasteiger charge is 2.14. The zero-order valence-corrected chi connectivity index (χ0v) is 15.6. The minimum Gasteiger partial charge on any atom is -0.368 e. The number of benzene rings is 2. The van der Waals surface area contributed by atoms with Gasteiger partial charge in [0.2, 0.25) is 0 Å². The Balaban J connectivity index is 0.00000192. The second kappa shape index (κ2) is 8.04. The second-order valence-electron chi connectivity index (χ2n) is 5.49. The first-order chi connectivity index (χ1) is 10.6. The molecule has 1 heterocycles. The summed E-state index contributed by atoms with van der Waals surface area (Å²) in [7, 11) is 0. The Morgan fingerprint density at radius 2 is 1.86 bits per heavy atom. The molecule has 1 aliphatic rings. The lowest BCUT2D eigenvalue weighted by Gasteiger charge is -2.31. The molecule has 2 nitrogen and oxygen atoms in total. The van der Waals surface area contributed by atoms with Gasteiger partial charge in [-0.2, -0.15) is 0 Å². The number of nitrogens with zero attached hydrogens (tertiary/aromatic N) is 1. The van der Waals surface area contributed by atoms with Crippen LogP contribution in [0.5, 0.6) is 0 Å². The lowest BCUT2D eigenvalue weighted by molar-refractivity contribution is 0.587. The maximum atomic E-state index is 8.33. The van der Waals surface area contributed by atoms with E-state index in [4.69, 9.17) is 1.37 Å². The van der Waals surface area contributed by atoms with Crippen LogP contribution in [0.25, 0.3) is 0 Å². The summed E-state index contributed by atoms with van der Waals surface area (Å²) in [6.07, 6.45) is 0. The highest BCUT2D eigenvalue weighted by atomic mass is 79.9. The molecule has 2 aromatic rings. The number of rotatable bonds is 3. The first kappa shape index (κ1) is 15.9. The Labute approximate surface area is 149 Å². The number of hydrogen-bond donors (Lipinski definition) is 1. The fraction of sp³-hybridized carbons (Fsp3) is 0.333. The molecule has 0 radical (unpaired) electrons. The van der Waals surface area contributed by atoms with Crippen molar-refractivity contribution >= 4 is 34.4 Å². The van der Waals surface area contributed by atoms with Gasteiger partial charge in [0, 0.05) is 36.0 Å². The normalized spacial score (nSPS) is 15.2. The van der Waals surface area contributed by atoms with Crippen LogP contribution in [0.2, 0.25) is 0 Å². The molecule has 0 saturated carbocycles. The number of para-hydroxylation sites is 1. The monoisotopic (exact) mass is 379 g/mol. The predicted molar refractivity (Wildman–Crippen MR) is 102 cm³/mol. The number of piperazine rings is 1. The summed E-state index contributed by atoms with van der Waals surface area (Å²) in [6, 6.07) is 13.2. The molecule has 2 aromatic carbocycles. The third-order valence-electron chi connectivity index (χ3n) is 3.80. The van der Waals surface area contributed by atoms with Crippen LogP contribution in [0.15, 0.2) is 52.2 Å². The molecule has 0 spiro atoms. The number of aryl methyl sites for hydroxylation is 2. The van der Waals surface area contributed by atoms with Gasteiger partial charge >= 0.3 is 0 Å². The Morgan fingerprint density at radius 3 is 2.59 bits per heavy atom. The summed E-state index contributed by atoms with van der Waals surface area (Å²) in [4.78, 5) is 4.69. The highest BCUT2D eigenvalue weighted by molar-refractivity contribution is 8.93. The third kappa shape index (κ3) is 4.06. The molecule has 0 amide bonds. The molecule has 3 rings (SSSR count). The second-order valence-corrected chi connectivity index (χ2v) is 6.54. The number of nitrogens with one attached hydrogen (secondary N) is 1. The quantitative estimate of drug-likeness (QED) is 0.848. The van der Waals surface area contributed by atoms with Gasteiger partial charge in [-0.25, -0.2) is 0 Å². The summed E-state index contributed by atoms with van der Waals surface area (Å²) in [5.41, 5.74) is 3.75. The van der Waals surface area contributed by atoms with Crippen LogP contribution in [0, 0.1) is 13.8 Å². The number of hydrogen-bond acceptors (Lipinski definition) is 3. The molecular weight excluding hydrogens is 356 g/mol. The fourth-order valence-electron chi connectivity index (χ4n) is 2.67. The molecule has 1 N–H and O–H groups in total. The summed E-state index contributed by atoms with van der Waals surface area (Å²) in [5.74, 6) is 0. The van der Waals surface area contributed by atoms with Crippen LogP contribution in [0.3, 0.4) is 0 Å². The summed E-state index contributed by atoms with van der Waals surface area (Å²) in [6.45, 7) is 8.29. The van der Waals surface area contributed by atoms with Crippen molar-refractivity contribution in [3.05, 3.63) is 53.6 Å². The topological polar surface area (TPSA) is 15.3 Å². The first-order valence-corrected chi connectivity index (χ1v) is 8.27. The van der Waals surface area contributed by atoms with Crippen molar-refractivity contribution in [1.29, 1.82) is 0 Å². The maximum absolute atomic E-state index is 8.33. The first-order valence-electron chi connectivity index (χ1n) is 7.95. The summed E-state index contributed by atoms with van der Waals surface area (Å²) < 4.78 is 8.33. The Bertz CT molecular complexity index is 672. The van der Waals surface area contributed by atoms with E-state index in [0.717, 1.165) is 31.1 Å². The molecule has 0 atom stereocenters. The van der Waals surface area contributed by atoms with Gasteiger partial charge in [0.25, 0.3) is 0 Å². The van der Waals surface area contributed by atoms with E-state index in [1.54, 1.807) is 11.8 Å². The lowest BCUT2D eigenvalue weighted by Crippen LogP contribution is -2.43. The maximum Gasteiger partial charge on any atom is 0.0635 e.